The quantitative estimate of drug-likeness (QED) is 0.403. The van der Waals surface area contributed by atoms with Crippen LogP contribution in [0.1, 0.15) is 53.9 Å². The van der Waals surface area contributed by atoms with E-state index in [1.54, 1.807) is 24.0 Å². The van der Waals surface area contributed by atoms with Crippen LogP contribution in [0.25, 0.3) is 0 Å². The molecule has 5 bridgehead atoms. The first-order chi connectivity index (χ1) is 18.1. The summed E-state index contributed by atoms with van der Waals surface area (Å²) in [5, 5.41) is 13.2. The first kappa shape index (κ1) is 28.3. The average molecular weight is 532 g/mol. The number of aliphatic hydroxyl groups is 1. The molecule has 10 heteroatoms. The SMILES string of the molecule is CC[C@H](C)[C@H](CO)N1C(=O)[C@H]2[C@@H]3C(=O)O[C@H](C)CNC(=O)CC/C=C\CN(C(C)C)C(=O)[C@H]1[C@@]21C=C[C@@H]3O1. The van der Waals surface area contributed by atoms with Crippen LogP contribution < -0.4 is 5.32 Å². The van der Waals surface area contributed by atoms with Crippen LogP contribution in [0.4, 0.5) is 0 Å². The van der Waals surface area contributed by atoms with Crippen LogP contribution in [0.3, 0.4) is 0 Å². The second-order valence-corrected chi connectivity index (χ2v) is 11.2. The molecular formula is C28H41N3O7. The average Bonchev–Trinajstić information content (AvgIpc) is 3.52. The molecule has 38 heavy (non-hydrogen) atoms. The van der Waals surface area contributed by atoms with Gasteiger partial charge in [-0.05, 0) is 33.1 Å². The molecular weight excluding hydrogens is 490 g/mol. The largest absolute Gasteiger partial charge is 0.460 e. The van der Waals surface area contributed by atoms with E-state index in [1.165, 1.54) is 4.90 Å². The molecule has 8 atom stereocenters. The predicted molar refractivity (Wildman–Crippen MR) is 138 cm³/mol. The normalized spacial score (nSPS) is 36.3. The molecule has 0 aromatic heterocycles. The van der Waals surface area contributed by atoms with Gasteiger partial charge in [0.1, 0.15) is 23.7 Å². The molecule has 2 saturated heterocycles. The summed E-state index contributed by atoms with van der Waals surface area (Å²) >= 11 is 0. The van der Waals surface area contributed by atoms with Gasteiger partial charge in [-0.15, -0.1) is 0 Å². The third-order valence-electron chi connectivity index (χ3n) is 8.48. The third kappa shape index (κ3) is 4.77. The number of fused-ring (bicyclic) bond motifs is 2. The number of carbonyl (C=O) groups excluding carboxylic acids is 4. The van der Waals surface area contributed by atoms with Gasteiger partial charge in [0.2, 0.25) is 17.7 Å². The number of hydrogen-bond acceptors (Lipinski definition) is 7. The van der Waals surface area contributed by atoms with Gasteiger partial charge in [-0.3, -0.25) is 19.2 Å². The molecule has 0 unspecified atom stereocenters. The number of rotatable bonds is 5. The van der Waals surface area contributed by atoms with E-state index in [2.05, 4.69) is 5.32 Å². The summed E-state index contributed by atoms with van der Waals surface area (Å²) in [4.78, 5) is 57.4. The van der Waals surface area contributed by atoms with Gasteiger partial charge in [0.25, 0.3) is 0 Å². The Morgan fingerprint density at radius 3 is 2.55 bits per heavy atom. The molecule has 3 amide bonds. The van der Waals surface area contributed by atoms with E-state index in [0.29, 0.717) is 19.4 Å². The van der Waals surface area contributed by atoms with Crippen molar-refractivity contribution in [1.82, 2.24) is 15.1 Å². The van der Waals surface area contributed by atoms with Crippen LogP contribution in [0.15, 0.2) is 24.3 Å². The number of ether oxygens (including phenoxy) is 2. The first-order valence-electron chi connectivity index (χ1n) is 13.8. The Bertz CT molecular complexity index is 1010. The number of carbonyl (C=O) groups is 4. The number of amides is 3. The van der Waals surface area contributed by atoms with Crippen molar-refractivity contribution in [2.75, 3.05) is 19.7 Å². The maximum Gasteiger partial charge on any atom is 0.313 e. The lowest BCUT2D eigenvalue weighted by Gasteiger charge is -2.41. The van der Waals surface area contributed by atoms with Crippen LogP contribution in [-0.2, 0) is 28.7 Å². The summed E-state index contributed by atoms with van der Waals surface area (Å²) < 4.78 is 12.1. The van der Waals surface area contributed by atoms with Crippen molar-refractivity contribution in [1.29, 1.82) is 0 Å². The van der Waals surface area contributed by atoms with Gasteiger partial charge in [-0.2, -0.15) is 0 Å². The molecule has 10 nitrogen and oxygen atoms in total. The van der Waals surface area contributed by atoms with E-state index in [0.717, 1.165) is 0 Å². The number of esters is 1. The van der Waals surface area contributed by atoms with E-state index in [-0.39, 0.29) is 49.3 Å². The van der Waals surface area contributed by atoms with E-state index in [1.807, 2.05) is 39.8 Å². The molecule has 0 saturated carbocycles. The van der Waals surface area contributed by atoms with Crippen molar-refractivity contribution >= 4 is 23.7 Å². The number of nitrogens with zero attached hydrogens (tertiary/aromatic N) is 2. The Morgan fingerprint density at radius 2 is 1.89 bits per heavy atom. The topological polar surface area (TPSA) is 125 Å². The zero-order valence-electron chi connectivity index (χ0n) is 23.0. The van der Waals surface area contributed by atoms with Gasteiger partial charge in [-0.1, -0.05) is 44.6 Å². The number of nitrogens with one attached hydrogen (secondary N) is 1. The van der Waals surface area contributed by atoms with Crippen molar-refractivity contribution in [3.63, 3.8) is 0 Å². The Morgan fingerprint density at radius 1 is 1.16 bits per heavy atom. The van der Waals surface area contributed by atoms with Crippen molar-refractivity contribution in [2.45, 2.75) is 89.8 Å². The van der Waals surface area contributed by atoms with Crippen molar-refractivity contribution in [2.24, 2.45) is 17.8 Å². The highest BCUT2D eigenvalue weighted by atomic mass is 16.6. The number of hydrogen-bond donors (Lipinski definition) is 2. The van der Waals surface area contributed by atoms with Gasteiger partial charge in [0.05, 0.1) is 31.2 Å². The molecule has 1 spiro atoms. The Hall–Kier alpha value is -2.72. The molecule has 4 aliphatic rings. The Kier molecular flexibility index (Phi) is 8.32. The molecule has 2 fully saturated rings. The molecule has 4 rings (SSSR count). The molecule has 0 aromatic rings. The first-order valence-corrected chi connectivity index (χ1v) is 13.8. The summed E-state index contributed by atoms with van der Waals surface area (Å²) in [5.74, 6) is -3.38. The summed E-state index contributed by atoms with van der Waals surface area (Å²) in [6, 6.07) is -1.83. The van der Waals surface area contributed by atoms with E-state index >= 15 is 0 Å². The molecule has 0 radical (unpaired) electrons. The van der Waals surface area contributed by atoms with Gasteiger partial charge < -0.3 is 29.7 Å². The lowest BCUT2D eigenvalue weighted by atomic mass is 9.74. The molecule has 0 aliphatic carbocycles. The number of aliphatic hydroxyl groups excluding tert-OH is 1. The minimum absolute atomic E-state index is 0.0880. The van der Waals surface area contributed by atoms with E-state index in [9.17, 15) is 24.3 Å². The van der Waals surface area contributed by atoms with Gasteiger partial charge in [0.15, 0.2) is 0 Å². The van der Waals surface area contributed by atoms with Gasteiger partial charge in [0, 0.05) is 19.0 Å². The van der Waals surface area contributed by atoms with E-state index < -0.39 is 47.7 Å². The smallest absolute Gasteiger partial charge is 0.313 e. The molecule has 4 heterocycles. The lowest BCUT2D eigenvalue weighted by molar-refractivity contribution is -0.160. The number of cyclic esters (lactones) is 1. The lowest BCUT2D eigenvalue weighted by Crippen LogP contribution is -2.60. The minimum Gasteiger partial charge on any atom is -0.460 e. The molecule has 4 aliphatic heterocycles. The highest BCUT2D eigenvalue weighted by molar-refractivity contribution is 5.99. The maximum absolute atomic E-state index is 14.4. The highest BCUT2D eigenvalue weighted by Crippen LogP contribution is 2.56. The molecule has 210 valence electrons. The van der Waals surface area contributed by atoms with Crippen LogP contribution >= 0.6 is 0 Å². The van der Waals surface area contributed by atoms with Gasteiger partial charge >= 0.3 is 5.97 Å². The number of likely N-dealkylation sites (tertiary alicyclic amines) is 1. The summed E-state index contributed by atoms with van der Waals surface area (Å²) in [6.07, 6.45) is 7.40. The second-order valence-electron chi connectivity index (χ2n) is 11.2. The van der Waals surface area contributed by atoms with Crippen LogP contribution in [0, 0.1) is 17.8 Å². The predicted octanol–water partition coefficient (Wildman–Crippen LogP) is 1.18. The standard InChI is InChI=1S/C28H41N3O7/c1-6-17(4)19(15-32)31-24-26(35)30(16(2)3)13-9-7-8-10-21(33)29-14-18(5)37-27(36)22-20-11-12-28(24,38-20)23(22)25(31)34/h7,9,11-12,16-20,22-24,32H,6,8,10,13-15H2,1-5H3,(H,29,33)/b9-7-/t17-,18+,19-,20-,22+,23+,24-,28+/m0/s1. The zero-order valence-corrected chi connectivity index (χ0v) is 23.0. The van der Waals surface area contributed by atoms with Crippen molar-refractivity contribution in [3.8, 4) is 0 Å². The Balaban J connectivity index is 1.81. The zero-order chi connectivity index (χ0) is 27.8. The number of allylic oxidation sites excluding steroid dienone is 1. The summed E-state index contributed by atoms with van der Waals surface area (Å²) in [5.41, 5.74) is -1.33. The van der Waals surface area contributed by atoms with Crippen LogP contribution in [-0.4, -0.2) is 94.2 Å². The van der Waals surface area contributed by atoms with E-state index in [4.69, 9.17) is 9.47 Å². The van der Waals surface area contributed by atoms with Gasteiger partial charge in [-0.25, -0.2) is 0 Å². The molecule has 0 aromatic carbocycles. The fraction of sp³-hybridized carbons (Fsp3) is 0.714. The highest BCUT2D eigenvalue weighted by Gasteiger charge is 2.74. The fourth-order valence-electron chi connectivity index (χ4n) is 6.23. The maximum atomic E-state index is 14.4. The monoisotopic (exact) mass is 531 g/mol. The second kappa shape index (κ2) is 11.2. The third-order valence-corrected chi connectivity index (χ3v) is 8.48. The minimum atomic E-state index is -1.33. The van der Waals surface area contributed by atoms with Crippen LogP contribution in [0.2, 0.25) is 0 Å². The van der Waals surface area contributed by atoms with Crippen LogP contribution in [0.5, 0.6) is 0 Å². The van der Waals surface area contributed by atoms with Crippen molar-refractivity contribution in [3.05, 3.63) is 24.3 Å². The van der Waals surface area contributed by atoms with Crippen molar-refractivity contribution < 1.29 is 33.8 Å². The molecule has 2 N–H and O–H groups in total. The fourth-order valence-corrected chi connectivity index (χ4v) is 6.23. The summed E-state index contributed by atoms with van der Waals surface area (Å²) in [7, 11) is 0. The Labute approximate surface area is 224 Å². The summed E-state index contributed by atoms with van der Waals surface area (Å²) in [6.45, 7) is 9.54.